The Kier molecular flexibility index (Phi) is 2.03. The summed E-state index contributed by atoms with van der Waals surface area (Å²) in [5, 5.41) is 3.69. The van der Waals surface area contributed by atoms with E-state index in [9.17, 15) is 0 Å². The standard InChI is InChI=1S/C7H3ClINS/c8-7-4-1-2-11-6(4)5(9)3-10-7/h1-3H. The Morgan fingerprint density at radius 3 is 3.09 bits per heavy atom. The molecular weight excluding hydrogens is 293 g/mol. The highest BCUT2D eigenvalue weighted by molar-refractivity contribution is 14.1. The summed E-state index contributed by atoms with van der Waals surface area (Å²) < 4.78 is 2.39. The molecule has 2 rings (SSSR count). The minimum atomic E-state index is 0.599. The van der Waals surface area contributed by atoms with Gasteiger partial charge in [-0.3, -0.25) is 0 Å². The van der Waals surface area contributed by atoms with Crippen LogP contribution in [0.2, 0.25) is 5.15 Å². The molecule has 0 spiro atoms. The Bertz CT molecular complexity index is 362. The number of pyridine rings is 1. The fourth-order valence-electron chi connectivity index (χ4n) is 0.898. The molecule has 4 heteroatoms. The molecule has 2 aromatic rings. The number of thiophene rings is 1. The fourth-order valence-corrected chi connectivity index (χ4v) is 2.77. The molecule has 0 fully saturated rings. The number of nitrogens with zero attached hydrogens (tertiary/aromatic N) is 1. The van der Waals surface area contributed by atoms with Crippen molar-refractivity contribution >= 4 is 55.6 Å². The van der Waals surface area contributed by atoms with Crippen molar-refractivity contribution in [3.63, 3.8) is 0 Å². The minimum Gasteiger partial charge on any atom is -0.243 e. The highest BCUT2D eigenvalue weighted by atomic mass is 127. The summed E-state index contributed by atoms with van der Waals surface area (Å²) in [5.41, 5.74) is 0. The molecule has 0 aliphatic rings. The molecule has 56 valence electrons. The fraction of sp³-hybridized carbons (Fsp3) is 0. The van der Waals surface area contributed by atoms with Crippen LogP contribution in [0.4, 0.5) is 0 Å². The zero-order valence-electron chi connectivity index (χ0n) is 5.34. The molecule has 0 bridgehead atoms. The second-order valence-electron chi connectivity index (χ2n) is 2.06. The van der Waals surface area contributed by atoms with Crippen LogP contribution >= 0.6 is 45.5 Å². The van der Waals surface area contributed by atoms with Crippen molar-refractivity contribution < 1.29 is 0 Å². The van der Waals surface area contributed by atoms with Crippen molar-refractivity contribution in [1.82, 2.24) is 4.98 Å². The average Bonchev–Trinajstić information content (AvgIpc) is 2.45. The van der Waals surface area contributed by atoms with Crippen LogP contribution in [0.25, 0.3) is 10.1 Å². The van der Waals surface area contributed by atoms with Crippen LogP contribution in [-0.4, -0.2) is 4.98 Å². The number of hydrogen-bond donors (Lipinski definition) is 0. The van der Waals surface area contributed by atoms with Crippen LogP contribution in [0.5, 0.6) is 0 Å². The molecule has 0 saturated heterocycles. The van der Waals surface area contributed by atoms with Crippen LogP contribution in [0.15, 0.2) is 17.6 Å². The lowest BCUT2D eigenvalue weighted by molar-refractivity contribution is 1.35. The number of fused-ring (bicyclic) bond motifs is 1. The van der Waals surface area contributed by atoms with Gasteiger partial charge in [-0.15, -0.1) is 11.3 Å². The number of aromatic nitrogens is 1. The molecule has 0 saturated carbocycles. The second-order valence-corrected chi connectivity index (χ2v) is 4.50. The highest BCUT2D eigenvalue weighted by Crippen LogP contribution is 2.29. The monoisotopic (exact) mass is 295 g/mol. The van der Waals surface area contributed by atoms with Gasteiger partial charge in [0.2, 0.25) is 0 Å². The van der Waals surface area contributed by atoms with E-state index in [0.717, 1.165) is 8.96 Å². The molecule has 0 aliphatic heterocycles. The Hall–Kier alpha value is 0.130. The lowest BCUT2D eigenvalue weighted by Gasteiger charge is -1.93. The summed E-state index contributed by atoms with van der Waals surface area (Å²) in [6.07, 6.45) is 1.79. The molecular formula is C7H3ClINS. The van der Waals surface area contributed by atoms with Gasteiger partial charge in [0, 0.05) is 15.2 Å². The van der Waals surface area contributed by atoms with Gasteiger partial charge in [-0.05, 0) is 34.0 Å². The third kappa shape index (κ3) is 1.25. The third-order valence-electron chi connectivity index (χ3n) is 1.40. The third-order valence-corrected chi connectivity index (χ3v) is 3.83. The summed E-state index contributed by atoms with van der Waals surface area (Å²) in [4.78, 5) is 4.04. The minimum absolute atomic E-state index is 0.599. The lowest BCUT2D eigenvalue weighted by Crippen LogP contribution is -1.77. The van der Waals surface area contributed by atoms with E-state index in [1.54, 1.807) is 17.5 Å². The van der Waals surface area contributed by atoms with Gasteiger partial charge in [0.05, 0.1) is 4.70 Å². The van der Waals surface area contributed by atoms with E-state index in [4.69, 9.17) is 11.6 Å². The van der Waals surface area contributed by atoms with Crippen molar-refractivity contribution in [2.75, 3.05) is 0 Å². The molecule has 2 heterocycles. The lowest BCUT2D eigenvalue weighted by atomic mass is 10.3. The Balaban J connectivity index is 2.96. The quantitative estimate of drug-likeness (QED) is 0.535. The smallest absolute Gasteiger partial charge is 0.137 e. The molecule has 0 N–H and O–H groups in total. The Morgan fingerprint density at radius 2 is 2.36 bits per heavy atom. The van der Waals surface area contributed by atoms with Crippen LogP contribution in [-0.2, 0) is 0 Å². The first-order chi connectivity index (χ1) is 5.29. The first-order valence-corrected chi connectivity index (χ1v) is 5.30. The number of halogens is 2. The van der Waals surface area contributed by atoms with Crippen molar-refractivity contribution in [3.05, 3.63) is 26.4 Å². The summed E-state index contributed by atoms with van der Waals surface area (Å²) >= 11 is 9.82. The molecule has 1 nitrogen and oxygen atoms in total. The zero-order chi connectivity index (χ0) is 7.84. The first-order valence-electron chi connectivity index (χ1n) is 2.96. The van der Waals surface area contributed by atoms with Gasteiger partial charge in [-0.25, -0.2) is 4.98 Å². The second kappa shape index (κ2) is 2.88. The normalized spacial score (nSPS) is 10.7. The van der Waals surface area contributed by atoms with Gasteiger partial charge in [0.1, 0.15) is 5.15 Å². The molecule has 0 unspecified atom stereocenters. The largest absolute Gasteiger partial charge is 0.243 e. The topological polar surface area (TPSA) is 12.9 Å². The summed E-state index contributed by atoms with van der Waals surface area (Å²) in [6.45, 7) is 0. The average molecular weight is 296 g/mol. The van der Waals surface area contributed by atoms with E-state index in [2.05, 4.69) is 27.6 Å². The predicted molar refractivity (Wildman–Crippen MR) is 57.3 cm³/mol. The SMILES string of the molecule is Clc1ncc(I)c2sccc12. The maximum absolute atomic E-state index is 5.86. The van der Waals surface area contributed by atoms with Crippen molar-refractivity contribution in [1.29, 1.82) is 0 Å². The van der Waals surface area contributed by atoms with Gasteiger partial charge in [-0.1, -0.05) is 11.6 Å². The van der Waals surface area contributed by atoms with Gasteiger partial charge < -0.3 is 0 Å². The van der Waals surface area contributed by atoms with Crippen molar-refractivity contribution in [3.8, 4) is 0 Å². The van der Waals surface area contributed by atoms with Crippen LogP contribution in [0.3, 0.4) is 0 Å². The molecule has 0 aliphatic carbocycles. The molecule has 11 heavy (non-hydrogen) atoms. The highest BCUT2D eigenvalue weighted by Gasteiger charge is 2.03. The molecule has 2 aromatic heterocycles. The van der Waals surface area contributed by atoms with Crippen LogP contribution < -0.4 is 0 Å². The number of hydrogen-bond acceptors (Lipinski definition) is 2. The van der Waals surface area contributed by atoms with Crippen LogP contribution in [0, 0.1) is 3.57 Å². The van der Waals surface area contributed by atoms with E-state index >= 15 is 0 Å². The van der Waals surface area contributed by atoms with E-state index in [1.807, 2.05) is 11.4 Å². The Morgan fingerprint density at radius 1 is 1.55 bits per heavy atom. The molecule has 0 amide bonds. The van der Waals surface area contributed by atoms with Gasteiger partial charge in [0.15, 0.2) is 0 Å². The van der Waals surface area contributed by atoms with Gasteiger partial charge in [0.25, 0.3) is 0 Å². The van der Waals surface area contributed by atoms with E-state index < -0.39 is 0 Å². The maximum Gasteiger partial charge on any atom is 0.137 e. The molecule has 0 radical (unpaired) electrons. The van der Waals surface area contributed by atoms with Crippen molar-refractivity contribution in [2.24, 2.45) is 0 Å². The Labute approximate surface area is 86.5 Å². The van der Waals surface area contributed by atoms with E-state index in [-0.39, 0.29) is 0 Å². The predicted octanol–water partition coefficient (Wildman–Crippen LogP) is 3.55. The summed E-state index contributed by atoms with van der Waals surface area (Å²) in [5.74, 6) is 0. The summed E-state index contributed by atoms with van der Waals surface area (Å²) in [7, 11) is 0. The van der Waals surface area contributed by atoms with Crippen LogP contribution in [0.1, 0.15) is 0 Å². The molecule has 0 aromatic carbocycles. The zero-order valence-corrected chi connectivity index (χ0v) is 9.07. The van der Waals surface area contributed by atoms with Gasteiger partial charge in [-0.2, -0.15) is 0 Å². The van der Waals surface area contributed by atoms with E-state index in [0.29, 0.717) is 5.15 Å². The van der Waals surface area contributed by atoms with E-state index in [1.165, 1.54) is 4.70 Å². The maximum atomic E-state index is 5.86. The summed E-state index contributed by atoms with van der Waals surface area (Å²) in [6, 6.07) is 2.00. The first kappa shape index (κ1) is 7.76. The number of rotatable bonds is 0. The van der Waals surface area contributed by atoms with Crippen molar-refractivity contribution in [2.45, 2.75) is 0 Å². The molecule has 0 atom stereocenters. The van der Waals surface area contributed by atoms with Gasteiger partial charge >= 0.3 is 0 Å².